The van der Waals surface area contributed by atoms with Crippen LogP contribution in [0.15, 0.2) is 45.3 Å². The molecule has 0 saturated heterocycles. The van der Waals surface area contributed by atoms with Gasteiger partial charge in [0.2, 0.25) is 0 Å². The fourth-order valence-corrected chi connectivity index (χ4v) is 3.96. The van der Waals surface area contributed by atoms with Gasteiger partial charge in [-0.3, -0.25) is 0 Å². The SMILES string of the molecule is CC1(C)COc2ccc(C(O)c3cc(Br)cc(Br)c3)cc21. The smallest absolute Gasteiger partial charge is 0.123 e. The molecule has 3 rings (SSSR count). The number of hydrogen-bond acceptors (Lipinski definition) is 2. The van der Waals surface area contributed by atoms with E-state index < -0.39 is 6.10 Å². The zero-order valence-corrected chi connectivity index (χ0v) is 15.0. The lowest BCUT2D eigenvalue weighted by Crippen LogP contribution is -2.18. The number of halogens is 2. The number of benzene rings is 2. The van der Waals surface area contributed by atoms with E-state index in [1.807, 2.05) is 30.3 Å². The lowest BCUT2D eigenvalue weighted by molar-refractivity contribution is 0.220. The highest BCUT2D eigenvalue weighted by Crippen LogP contribution is 2.40. The van der Waals surface area contributed by atoms with E-state index >= 15 is 0 Å². The standard InChI is InChI=1S/C17H16Br2O2/c1-17(2)9-21-15-4-3-10(7-14(15)17)16(20)11-5-12(18)8-13(19)6-11/h3-8,16,20H,9H2,1-2H3. The Kier molecular flexibility index (Phi) is 3.89. The van der Waals surface area contributed by atoms with Crippen LogP contribution in [-0.4, -0.2) is 11.7 Å². The molecular weight excluding hydrogens is 396 g/mol. The Morgan fingerprint density at radius 3 is 2.38 bits per heavy atom. The van der Waals surface area contributed by atoms with Crippen LogP contribution in [0.1, 0.15) is 36.6 Å². The zero-order valence-electron chi connectivity index (χ0n) is 11.9. The number of fused-ring (bicyclic) bond motifs is 1. The largest absolute Gasteiger partial charge is 0.492 e. The minimum Gasteiger partial charge on any atom is -0.492 e. The first-order valence-corrected chi connectivity index (χ1v) is 8.37. The van der Waals surface area contributed by atoms with Gasteiger partial charge >= 0.3 is 0 Å². The molecule has 0 aliphatic carbocycles. The lowest BCUT2D eigenvalue weighted by Gasteiger charge is -2.18. The summed E-state index contributed by atoms with van der Waals surface area (Å²) in [4.78, 5) is 0. The quantitative estimate of drug-likeness (QED) is 0.756. The van der Waals surface area contributed by atoms with E-state index in [0.717, 1.165) is 31.4 Å². The molecule has 1 atom stereocenters. The fourth-order valence-electron chi connectivity index (χ4n) is 2.63. The highest BCUT2D eigenvalue weighted by molar-refractivity contribution is 9.11. The fraction of sp³-hybridized carbons (Fsp3) is 0.294. The van der Waals surface area contributed by atoms with Gasteiger partial charge in [-0.05, 0) is 41.5 Å². The van der Waals surface area contributed by atoms with Crippen LogP contribution in [0.5, 0.6) is 5.75 Å². The molecule has 0 spiro atoms. The first kappa shape index (κ1) is 15.1. The van der Waals surface area contributed by atoms with Gasteiger partial charge in [-0.15, -0.1) is 0 Å². The predicted molar refractivity (Wildman–Crippen MR) is 90.9 cm³/mol. The summed E-state index contributed by atoms with van der Waals surface area (Å²) in [5.74, 6) is 0.923. The van der Waals surface area contributed by atoms with Crippen molar-refractivity contribution in [2.45, 2.75) is 25.4 Å². The normalized spacial score (nSPS) is 17.2. The molecule has 2 aromatic rings. The topological polar surface area (TPSA) is 29.5 Å². The van der Waals surface area contributed by atoms with Crippen molar-refractivity contribution < 1.29 is 9.84 Å². The van der Waals surface area contributed by atoms with E-state index in [4.69, 9.17) is 4.74 Å². The average Bonchev–Trinajstić information content (AvgIpc) is 2.72. The second kappa shape index (κ2) is 5.41. The van der Waals surface area contributed by atoms with Gasteiger partial charge < -0.3 is 9.84 Å². The molecule has 0 bridgehead atoms. The number of aliphatic hydroxyl groups is 1. The molecule has 1 N–H and O–H groups in total. The molecule has 1 heterocycles. The number of rotatable bonds is 2. The van der Waals surface area contributed by atoms with Gasteiger partial charge in [0, 0.05) is 19.9 Å². The van der Waals surface area contributed by atoms with Crippen molar-refractivity contribution in [2.24, 2.45) is 0 Å². The van der Waals surface area contributed by atoms with E-state index in [1.54, 1.807) is 0 Å². The Labute approximate surface area is 141 Å². The minimum atomic E-state index is -0.652. The van der Waals surface area contributed by atoms with E-state index in [-0.39, 0.29) is 5.41 Å². The Morgan fingerprint density at radius 2 is 1.71 bits per heavy atom. The molecule has 1 aliphatic rings. The van der Waals surface area contributed by atoms with Gasteiger partial charge in [0.05, 0.1) is 6.61 Å². The third-order valence-electron chi connectivity index (χ3n) is 3.84. The van der Waals surface area contributed by atoms with Crippen molar-refractivity contribution in [3.63, 3.8) is 0 Å². The van der Waals surface area contributed by atoms with Gasteiger partial charge in [0.15, 0.2) is 0 Å². The molecule has 0 amide bonds. The maximum Gasteiger partial charge on any atom is 0.123 e. The molecule has 21 heavy (non-hydrogen) atoms. The van der Waals surface area contributed by atoms with Crippen LogP contribution in [0.2, 0.25) is 0 Å². The lowest BCUT2D eigenvalue weighted by atomic mass is 9.85. The molecule has 0 aromatic heterocycles. The first-order chi connectivity index (χ1) is 9.87. The van der Waals surface area contributed by atoms with E-state index in [9.17, 15) is 5.11 Å². The van der Waals surface area contributed by atoms with Crippen LogP contribution in [-0.2, 0) is 5.41 Å². The van der Waals surface area contributed by atoms with Crippen LogP contribution in [0.3, 0.4) is 0 Å². The minimum absolute atomic E-state index is 0.0110. The number of aliphatic hydroxyl groups excluding tert-OH is 1. The van der Waals surface area contributed by atoms with E-state index in [0.29, 0.717) is 6.61 Å². The molecule has 1 aliphatic heterocycles. The summed E-state index contributed by atoms with van der Waals surface area (Å²) in [5.41, 5.74) is 2.89. The van der Waals surface area contributed by atoms with Crippen molar-refractivity contribution in [1.82, 2.24) is 0 Å². The Hall–Kier alpha value is -0.840. The Bertz CT molecular complexity index is 675. The Morgan fingerprint density at radius 1 is 1.05 bits per heavy atom. The van der Waals surface area contributed by atoms with Crippen molar-refractivity contribution >= 4 is 31.9 Å². The van der Waals surface area contributed by atoms with Crippen LogP contribution in [0.4, 0.5) is 0 Å². The highest BCUT2D eigenvalue weighted by Gasteiger charge is 2.32. The summed E-state index contributed by atoms with van der Waals surface area (Å²) in [7, 11) is 0. The van der Waals surface area contributed by atoms with E-state index in [2.05, 4.69) is 51.8 Å². The predicted octanol–water partition coefficient (Wildman–Crippen LogP) is 4.96. The maximum atomic E-state index is 10.7. The Balaban J connectivity index is 2.01. The molecule has 2 nitrogen and oxygen atoms in total. The monoisotopic (exact) mass is 410 g/mol. The summed E-state index contributed by atoms with van der Waals surface area (Å²) < 4.78 is 7.58. The molecule has 1 unspecified atom stereocenters. The summed E-state index contributed by atoms with van der Waals surface area (Å²) >= 11 is 6.92. The molecular formula is C17H16Br2O2. The van der Waals surface area contributed by atoms with Crippen molar-refractivity contribution in [1.29, 1.82) is 0 Å². The second-order valence-corrected chi connectivity index (χ2v) is 7.86. The van der Waals surface area contributed by atoms with Gasteiger partial charge in [0.25, 0.3) is 0 Å². The van der Waals surface area contributed by atoms with Crippen molar-refractivity contribution in [2.75, 3.05) is 6.61 Å². The molecule has 110 valence electrons. The van der Waals surface area contributed by atoms with Crippen molar-refractivity contribution in [3.8, 4) is 5.75 Å². The summed E-state index contributed by atoms with van der Waals surface area (Å²) in [6.07, 6.45) is -0.652. The van der Waals surface area contributed by atoms with Crippen molar-refractivity contribution in [3.05, 3.63) is 62.0 Å². The summed E-state index contributed by atoms with van der Waals surface area (Å²) in [6.45, 7) is 5.00. The van der Waals surface area contributed by atoms with E-state index in [1.165, 1.54) is 0 Å². The van der Waals surface area contributed by atoms with Crippen LogP contribution in [0, 0.1) is 0 Å². The number of ether oxygens (including phenoxy) is 1. The average molecular weight is 412 g/mol. The molecule has 0 radical (unpaired) electrons. The molecule has 4 heteroatoms. The molecule has 0 fully saturated rings. The van der Waals surface area contributed by atoms with Crippen LogP contribution in [0.25, 0.3) is 0 Å². The molecule has 0 saturated carbocycles. The number of hydrogen-bond donors (Lipinski definition) is 1. The molecule has 2 aromatic carbocycles. The van der Waals surface area contributed by atoms with Crippen LogP contribution < -0.4 is 4.74 Å². The van der Waals surface area contributed by atoms with Gasteiger partial charge in [-0.2, -0.15) is 0 Å². The van der Waals surface area contributed by atoms with Gasteiger partial charge in [-0.1, -0.05) is 51.8 Å². The summed E-state index contributed by atoms with van der Waals surface area (Å²) in [6, 6.07) is 11.8. The zero-order chi connectivity index (χ0) is 15.2. The van der Waals surface area contributed by atoms with Gasteiger partial charge in [0.1, 0.15) is 11.9 Å². The first-order valence-electron chi connectivity index (χ1n) is 6.78. The van der Waals surface area contributed by atoms with Gasteiger partial charge in [-0.25, -0.2) is 0 Å². The second-order valence-electron chi connectivity index (χ2n) is 6.03. The third kappa shape index (κ3) is 2.89. The summed E-state index contributed by atoms with van der Waals surface area (Å²) in [5, 5.41) is 10.7. The third-order valence-corrected chi connectivity index (χ3v) is 4.75. The highest BCUT2D eigenvalue weighted by atomic mass is 79.9. The maximum absolute atomic E-state index is 10.7. The van der Waals surface area contributed by atoms with Crippen LogP contribution >= 0.6 is 31.9 Å².